The Morgan fingerprint density at radius 3 is 2.03 bits per heavy atom. The minimum absolute atomic E-state index is 0.236. The van der Waals surface area contributed by atoms with E-state index in [1.165, 1.54) is 17.1 Å². The lowest BCUT2D eigenvalue weighted by Gasteiger charge is -2.35. The number of nitrogens with zero attached hydrogens (tertiary/aromatic N) is 3. The minimum Gasteiger partial charge on any atom is -0.337 e. The Bertz CT molecular complexity index is 1290. The molecule has 0 radical (unpaired) electrons. The van der Waals surface area contributed by atoms with Gasteiger partial charge < -0.3 is 4.90 Å². The number of imide groups is 1. The molecule has 0 unspecified atom stereocenters. The van der Waals surface area contributed by atoms with Crippen LogP contribution in [0.4, 0.5) is 8.78 Å². The molecule has 0 aliphatic carbocycles. The summed E-state index contributed by atoms with van der Waals surface area (Å²) in [7, 11) is 0. The molecule has 1 saturated heterocycles. The van der Waals surface area contributed by atoms with Gasteiger partial charge in [-0.15, -0.1) is 0 Å². The molecule has 8 heteroatoms. The second kappa shape index (κ2) is 9.38. The van der Waals surface area contributed by atoms with Crippen molar-refractivity contribution in [1.29, 1.82) is 0 Å². The predicted molar refractivity (Wildman–Crippen MR) is 128 cm³/mol. The van der Waals surface area contributed by atoms with E-state index in [0.29, 0.717) is 49.2 Å². The zero-order chi connectivity index (χ0) is 24.5. The molecule has 0 aromatic heterocycles. The summed E-state index contributed by atoms with van der Waals surface area (Å²) in [6.07, 6.45) is 2.71. The van der Waals surface area contributed by atoms with Crippen molar-refractivity contribution in [3.05, 3.63) is 89.0 Å². The molecule has 2 aliphatic heterocycles. The fourth-order valence-electron chi connectivity index (χ4n) is 4.66. The van der Waals surface area contributed by atoms with Crippen molar-refractivity contribution in [3.63, 3.8) is 0 Å². The average Bonchev–Trinajstić information content (AvgIpc) is 2.85. The van der Waals surface area contributed by atoms with Gasteiger partial charge in [-0.1, -0.05) is 24.3 Å². The van der Waals surface area contributed by atoms with E-state index < -0.39 is 11.6 Å². The van der Waals surface area contributed by atoms with Crippen molar-refractivity contribution in [3.8, 4) is 0 Å². The second-order valence-electron chi connectivity index (χ2n) is 8.67. The van der Waals surface area contributed by atoms with Gasteiger partial charge in [0.05, 0.1) is 0 Å². The van der Waals surface area contributed by atoms with Crippen LogP contribution in [0, 0.1) is 11.6 Å². The number of carbonyl (C=O) groups excluding carboxylic acids is 3. The molecule has 0 atom stereocenters. The van der Waals surface area contributed by atoms with E-state index >= 15 is 0 Å². The molecule has 3 aromatic carbocycles. The zero-order valence-electron chi connectivity index (χ0n) is 18.9. The fraction of sp³-hybridized carbons (Fsp3) is 0.222. The number of amides is 3. The van der Waals surface area contributed by atoms with Crippen LogP contribution in [0.3, 0.4) is 0 Å². The van der Waals surface area contributed by atoms with Crippen molar-refractivity contribution in [1.82, 2.24) is 14.7 Å². The van der Waals surface area contributed by atoms with Crippen LogP contribution in [0.25, 0.3) is 16.8 Å². The second-order valence-corrected chi connectivity index (χ2v) is 8.67. The SMILES string of the molecule is O=C(/C=C/c1cc(F)cc(F)c1)N1CCN(CCN2C(=O)c3cccc4cccc(c34)C2=O)CC1. The Hall–Kier alpha value is -3.91. The molecular weight excluding hydrogens is 452 g/mol. The third-order valence-electron chi connectivity index (χ3n) is 6.48. The molecule has 0 bridgehead atoms. The van der Waals surface area contributed by atoms with Crippen molar-refractivity contribution in [2.45, 2.75) is 0 Å². The summed E-state index contributed by atoms with van der Waals surface area (Å²) in [5, 5.41) is 1.58. The van der Waals surface area contributed by atoms with Crippen molar-refractivity contribution in [2.75, 3.05) is 39.3 Å². The van der Waals surface area contributed by atoms with Crippen molar-refractivity contribution < 1.29 is 23.2 Å². The third-order valence-corrected chi connectivity index (χ3v) is 6.48. The molecule has 1 fully saturated rings. The van der Waals surface area contributed by atoms with Crippen molar-refractivity contribution in [2.24, 2.45) is 0 Å². The highest BCUT2D eigenvalue weighted by molar-refractivity contribution is 6.25. The highest BCUT2D eigenvalue weighted by Gasteiger charge is 2.33. The monoisotopic (exact) mass is 475 g/mol. The first-order valence-electron chi connectivity index (χ1n) is 11.4. The van der Waals surface area contributed by atoms with Crippen molar-refractivity contribution >= 4 is 34.6 Å². The first-order chi connectivity index (χ1) is 16.9. The summed E-state index contributed by atoms with van der Waals surface area (Å²) in [6, 6.07) is 14.0. The lowest BCUT2D eigenvalue weighted by atomic mass is 9.94. The van der Waals surface area contributed by atoms with Crippen LogP contribution >= 0.6 is 0 Å². The predicted octanol–water partition coefficient (Wildman–Crippen LogP) is 3.57. The number of rotatable bonds is 5. The number of piperazine rings is 1. The zero-order valence-corrected chi connectivity index (χ0v) is 18.9. The quantitative estimate of drug-likeness (QED) is 0.418. The van der Waals surface area contributed by atoms with Gasteiger partial charge >= 0.3 is 0 Å². The first-order valence-corrected chi connectivity index (χ1v) is 11.4. The molecule has 5 rings (SSSR count). The number of carbonyl (C=O) groups is 3. The molecule has 178 valence electrons. The maximum absolute atomic E-state index is 13.3. The fourth-order valence-corrected chi connectivity index (χ4v) is 4.66. The van der Waals surface area contributed by atoms with Gasteiger partial charge in [-0.25, -0.2) is 8.78 Å². The van der Waals surface area contributed by atoms with Crippen LogP contribution in [0.2, 0.25) is 0 Å². The van der Waals surface area contributed by atoms with Crippen LogP contribution in [-0.2, 0) is 4.79 Å². The summed E-state index contributed by atoms with van der Waals surface area (Å²) < 4.78 is 26.6. The Morgan fingerprint density at radius 2 is 1.43 bits per heavy atom. The lowest BCUT2D eigenvalue weighted by molar-refractivity contribution is -0.127. The summed E-state index contributed by atoms with van der Waals surface area (Å²) in [5.41, 5.74) is 1.36. The van der Waals surface area contributed by atoms with E-state index in [9.17, 15) is 23.2 Å². The van der Waals surface area contributed by atoms with E-state index in [1.54, 1.807) is 17.0 Å². The number of halogens is 2. The molecular formula is C27H23F2N3O3. The van der Waals surface area contributed by atoms with Gasteiger partial charge in [0.15, 0.2) is 0 Å². The first kappa shape index (κ1) is 22.9. The summed E-state index contributed by atoms with van der Waals surface area (Å²) in [5.74, 6) is -2.20. The normalized spacial score (nSPS) is 16.5. The van der Waals surface area contributed by atoms with E-state index in [0.717, 1.165) is 23.6 Å². The van der Waals surface area contributed by atoms with E-state index in [4.69, 9.17) is 0 Å². The van der Waals surface area contributed by atoms with Gasteiger partial charge in [0.25, 0.3) is 11.8 Å². The van der Waals surface area contributed by atoms with Crippen LogP contribution in [-0.4, -0.2) is 71.7 Å². The van der Waals surface area contributed by atoms with Crippen LogP contribution in [0.1, 0.15) is 26.3 Å². The topological polar surface area (TPSA) is 60.9 Å². The molecule has 3 amide bonds. The molecule has 2 aliphatic rings. The van der Waals surface area contributed by atoms with Gasteiger partial charge in [-0.2, -0.15) is 0 Å². The van der Waals surface area contributed by atoms with Gasteiger partial charge in [0.1, 0.15) is 11.6 Å². The summed E-state index contributed by atoms with van der Waals surface area (Å²) >= 11 is 0. The largest absolute Gasteiger partial charge is 0.337 e. The Kier molecular flexibility index (Phi) is 6.13. The van der Waals surface area contributed by atoms with E-state index in [2.05, 4.69) is 4.90 Å². The molecule has 2 heterocycles. The maximum atomic E-state index is 13.3. The highest BCUT2D eigenvalue weighted by atomic mass is 19.1. The lowest BCUT2D eigenvalue weighted by Crippen LogP contribution is -2.51. The average molecular weight is 475 g/mol. The number of hydrogen-bond acceptors (Lipinski definition) is 4. The molecule has 0 saturated carbocycles. The van der Waals surface area contributed by atoms with E-state index in [-0.39, 0.29) is 29.8 Å². The third kappa shape index (κ3) is 4.57. The maximum Gasteiger partial charge on any atom is 0.261 e. The molecule has 3 aromatic rings. The molecule has 0 N–H and O–H groups in total. The minimum atomic E-state index is -0.698. The Labute approximate surface area is 201 Å². The number of benzene rings is 3. The summed E-state index contributed by atoms with van der Waals surface area (Å²) in [4.78, 5) is 43.6. The molecule has 6 nitrogen and oxygen atoms in total. The van der Waals surface area contributed by atoms with Crippen LogP contribution < -0.4 is 0 Å². The Balaban J connectivity index is 1.17. The van der Waals surface area contributed by atoms with Crippen LogP contribution in [0.15, 0.2) is 60.7 Å². The molecule has 35 heavy (non-hydrogen) atoms. The Morgan fingerprint density at radius 1 is 0.829 bits per heavy atom. The summed E-state index contributed by atoms with van der Waals surface area (Å²) in [6.45, 7) is 2.92. The number of hydrogen-bond donors (Lipinski definition) is 0. The van der Waals surface area contributed by atoms with E-state index in [1.807, 2.05) is 24.3 Å². The van der Waals surface area contributed by atoms with Gasteiger partial charge in [0.2, 0.25) is 5.91 Å². The smallest absolute Gasteiger partial charge is 0.261 e. The molecule has 0 spiro atoms. The standard InChI is InChI=1S/C27H23F2N3O3/c28-20-15-18(16-21(29)17-20)7-8-24(33)31-12-9-30(10-13-31)11-14-32-26(34)22-5-1-3-19-4-2-6-23(25(19)22)27(32)35/h1-8,15-17H,9-14H2/b8-7+. The highest BCUT2D eigenvalue weighted by Crippen LogP contribution is 2.29. The van der Waals surface area contributed by atoms with Gasteiger partial charge in [-0.3, -0.25) is 24.2 Å². The van der Waals surface area contributed by atoms with Gasteiger partial charge in [0, 0.05) is 67.9 Å². The van der Waals surface area contributed by atoms with Gasteiger partial charge in [-0.05, 0) is 41.3 Å². The van der Waals surface area contributed by atoms with Crippen LogP contribution in [0.5, 0.6) is 0 Å².